The fourth-order valence-electron chi connectivity index (χ4n) is 2.05. The summed E-state index contributed by atoms with van der Waals surface area (Å²) in [4.78, 5) is 16.0. The van der Waals surface area contributed by atoms with E-state index in [0.29, 0.717) is 12.1 Å². The molecule has 0 fully saturated rings. The van der Waals surface area contributed by atoms with Crippen LogP contribution in [0.4, 0.5) is 13.2 Å². The summed E-state index contributed by atoms with van der Waals surface area (Å²) < 4.78 is 37.5. The highest BCUT2D eigenvalue weighted by Gasteiger charge is 2.32. The number of nitrogens with one attached hydrogen (secondary N) is 1. The number of halogens is 4. The number of hydrogen-bond donors (Lipinski definition) is 1. The number of rotatable bonds is 5. The number of aryl methyl sites for hydroxylation is 1. The van der Waals surface area contributed by atoms with E-state index in [1.165, 1.54) is 11.8 Å². The molecule has 1 aromatic carbocycles. The molecule has 0 saturated carbocycles. The van der Waals surface area contributed by atoms with Gasteiger partial charge < -0.3 is 5.32 Å². The molecule has 26 heavy (non-hydrogen) atoms. The van der Waals surface area contributed by atoms with E-state index in [-0.39, 0.29) is 16.0 Å². The van der Waals surface area contributed by atoms with Crippen molar-refractivity contribution >= 4 is 29.3 Å². The number of aromatic nitrogens is 1. The molecule has 1 aromatic heterocycles. The minimum atomic E-state index is -4.49. The van der Waals surface area contributed by atoms with Crippen molar-refractivity contribution in [2.75, 3.05) is 6.54 Å². The van der Waals surface area contributed by atoms with Crippen LogP contribution < -0.4 is 5.32 Å². The Morgan fingerprint density at radius 1 is 1.23 bits per heavy atom. The summed E-state index contributed by atoms with van der Waals surface area (Å²) in [6, 6.07) is 8.03. The van der Waals surface area contributed by atoms with Gasteiger partial charge in [0.25, 0.3) is 5.91 Å². The van der Waals surface area contributed by atoms with Gasteiger partial charge in [-0.15, -0.1) is 0 Å². The minimum Gasteiger partial charge on any atom is -0.351 e. The van der Waals surface area contributed by atoms with E-state index in [2.05, 4.69) is 10.3 Å². The Bertz CT molecular complexity index is 792. The second-order valence-corrected chi connectivity index (χ2v) is 8.52. The molecule has 0 unspecified atom stereocenters. The normalized spacial score (nSPS) is 12.1. The highest BCUT2D eigenvalue weighted by molar-refractivity contribution is 8.00. The molecule has 0 aliphatic rings. The second-order valence-electron chi connectivity index (χ2n) is 6.42. The molecule has 2 rings (SSSR count). The van der Waals surface area contributed by atoms with Crippen LogP contribution in [0.1, 0.15) is 35.3 Å². The summed E-state index contributed by atoms with van der Waals surface area (Å²) in [6.07, 6.45) is -3.73. The van der Waals surface area contributed by atoms with E-state index < -0.39 is 16.5 Å². The summed E-state index contributed by atoms with van der Waals surface area (Å²) in [5, 5.41) is 3.04. The molecule has 0 bridgehead atoms. The first-order valence-electron chi connectivity index (χ1n) is 7.74. The number of carbonyl (C=O) groups excluding carboxylic acids is 1. The van der Waals surface area contributed by atoms with Crippen LogP contribution in [-0.2, 0) is 6.18 Å². The van der Waals surface area contributed by atoms with E-state index in [0.717, 1.165) is 17.8 Å². The van der Waals surface area contributed by atoms with Gasteiger partial charge in [0, 0.05) is 23.1 Å². The van der Waals surface area contributed by atoms with E-state index in [1.807, 2.05) is 32.9 Å². The molecule has 3 nitrogen and oxygen atoms in total. The van der Waals surface area contributed by atoms with E-state index in [4.69, 9.17) is 11.6 Å². The Hall–Kier alpha value is -1.73. The largest absolute Gasteiger partial charge is 0.417 e. The Morgan fingerprint density at radius 3 is 2.38 bits per heavy atom. The topological polar surface area (TPSA) is 42.0 Å². The number of carbonyl (C=O) groups is 1. The second kappa shape index (κ2) is 7.88. The lowest BCUT2D eigenvalue weighted by Gasteiger charge is -2.24. The van der Waals surface area contributed by atoms with Crippen LogP contribution in [0, 0.1) is 6.92 Å². The summed E-state index contributed by atoms with van der Waals surface area (Å²) in [6.45, 7) is 5.93. The summed E-state index contributed by atoms with van der Waals surface area (Å²) in [5.74, 6) is -0.217. The number of pyridine rings is 1. The van der Waals surface area contributed by atoms with Crippen LogP contribution >= 0.6 is 23.4 Å². The highest BCUT2D eigenvalue weighted by Crippen LogP contribution is 2.38. The fourth-order valence-corrected chi connectivity index (χ4v) is 3.27. The van der Waals surface area contributed by atoms with Gasteiger partial charge in [0.2, 0.25) is 0 Å². The first-order chi connectivity index (χ1) is 12.0. The van der Waals surface area contributed by atoms with Crippen LogP contribution in [0.2, 0.25) is 5.02 Å². The third kappa shape index (κ3) is 5.64. The average Bonchev–Trinajstić information content (AvgIpc) is 2.54. The maximum absolute atomic E-state index is 12.7. The van der Waals surface area contributed by atoms with Gasteiger partial charge in [-0.3, -0.25) is 4.79 Å². The quantitative estimate of drug-likeness (QED) is 0.684. The van der Waals surface area contributed by atoms with Gasteiger partial charge in [0.15, 0.2) is 0 Å². The maximum Gasteiger partial charge on any atom is 0.417 e. The molecule has 0 atom stereocenters. The first-order valence-corrected chi connectivity index (χ1v) is 8.94. The third-order valence-electron chi connectivity index (χ3n) is 3.50. The molecule has 8 heteroatoms. The van der Waals surface area contributed by atoms with Gasteiger partial charge in [0.05, 0.1) is 10.6 Å². The lowest BCUT2D eigenvalue weighted by atomic mass is 10.1. The number of thioether (sulfide) groups is 1. The zero-order valence-electron chi connectivity index (χ0n) is 14.4. The molecule has 140 valence electrons. The van der Waals surface area contributed by atoms with Crippen LogP contribution in [0.25, 0.3) is 0 Å². The fraction of sp³-hybridized carbons (Fsp3) is 0.333. The Labute approximate surface area is 159 Å². The molecule has 1 amide bonds. The first kappa shape index (κ1) is 20.6. The maximum atomic E-state index is 12.7. The van der Waals surface area contributed by atoms with E-state index >= 15 is 0 Å². The van der Waals surface area contributed by atoms with Gasteiger partial charge in [-0.05, 0) is 39.0 Å². The van der Waals surface area contributed by atoms with Gasteiger partial charge in [-0.1, -0.05) is 41.1 Å². The van der Waals surface area contributed by atoms with Crippen LogP contribution in [-0.4, -0.2) is 22.2 Å². The van der Waals surface area contributed by atoms with Crippen molar-refractivity contribution in [3.05, 3.63) is 58.2 Å². The molecule has 1 N–H and O–H groups in total. The predicted molar refractivity (Wildman–Crippen MR) is 97.7 cm³/mol. The predicted octanol–water partition coefficient (Wildman–Crippen LogP) is 5.36. The number of hydrogen-bond acceptors (Lipinski definition) is 3. The molecule has 0 aliphatic heterocycles. The average molecular weight is 403 g/mol. The van der Waals surface area contributed by atoms with Crippen LogP contribution in [0.5, 0.6) is 0 Å². The van der Waals surface area contributed by atoms with Crippen molar-refractivity contribution in [2.24, 2.45) is 0 Å². The van der Waals surface area contributed by atoms with Gasteiger partial charge >= 0.3 is 6.18 Å². The summed E-state index contributed by atoms with van der Waals surface area (Å²) in [7, 11) is 0. The Kier molecular flexibility index (Phi) is 6.24. The molecule has 0 saturated heterocycles. The lowest BCUT2D eigenvalue weighted by molar-refractivity contribution is -0.137. The number of amides is 1. The third-order valence-corrected chi connectivity index (χ3v) is 5.11. The zero-order valence-corrected chi connectivity index (χ0v) is 16.0. The summed E-state index contributed by atoms with van der Waals surface area (Å²) >= 11 is 7.15. The molecule has 0 spiro atoms. The monoisotopic (exact) mass is 402 g/mol. The zero-order chi connectivity index (χ0) is 19.5. The van der Waals surface area contributed by atoms with Crippen molar-refractivity contribution in [1.82, 2.24) is 10.3 Å². The van der Waals surface area contributed by atoms with Crippen molar-refractivity contribution in [3.63, 3.8) is 0 Å². The number of benzene rings is 1. The van der Waals surface area contributed by atoms with E-state index in [1.54, 1.807) is 12.1 Å². The SMILES string of the molecule is Cc1ccc(C(=O)NCC(C)(C)Sc2ncc(C(F)(F)F)cc2Cl)cc1. The molecule has 1 heterocycles. The van der Waals surface area contributed by atoms with Crippen molar-refractivity contribution in [3.8, 4) is 0 Å². The Morgan fingerprint density at radius 2 is 1.85 bits per heavy atom. The van der Waals surface area contributed by atoms with Gasteiger partial charge in [0.1, 0.15) is 5.03 Å². The summed E-state index contributed by atoms with van der Waals surface area (Å²) in [5.41, 5.74) is 0.708. The standard InChI is InChI=1S/C18H18ClF3N2OS/c1-11-4-6-12(7-5-11)15(25)24-10-17(2,3)26-16-14(19)8-13(9-23-16)18(20,21)22/h4-9H,10H2,1-3H3,(H,24,25). The molecular weight excluding hydrogens is 385 g/mol. The molecule has 0 radical (unpaired) electrons. The highest BCUT2D eigenvalue weighted by atomic mass is 35.5. The van der Waals surface area contributed by atoms with Crippen LogP contribution in [0.3, 0.4) is 0 Å². The Balaban J connectivity index is 2.02. The molecule has 0 aliphatic carbocycles. The lowest BCUT2D eigenvalue weighted by Crippen LogP contribution is -2.36. The van der Waals surface area contributed by atoms with Gasteiger partial charge in [-0.2, -0.15) is 13.2 Å². The molecule has 2 aromatic rings. The number of alkyl halides is 3. The van der Waals surface area contributed by atoms with Crippen molar-refractivity contribution in [1.29, 1.82) is 0 Å². The van der Waals surface area contributed by atoms with E-state index in [9.17, 15) is 18.0 Å². The minimum absolute atomic E-state index is 0.0669. The number of nitrogens with zero attached hydrogens (tertiary/aromatic N) is 1. The van der Waals surface area contributed by atoms with Gasteiger partial charge in [-0.25, -0.2) is 4.98 Å². The smallest absolute Gasteiger partial charge is 0.351 e. The van der Waals surface area contributed by atoms with Crippen LogP contribution in [0.15, 0.2) is 41.6 Å². The van der Waals surface area contributed by atoms with Crippen molar-refractivity contribution < 1.29 is 18.0 Å². The van der Waals surface area contributed by atoms with Crippen molar-refractivity contribution in [2.45, 2.75) is 36.7 Å². The molecular formula is C18H18ClF3N2OS.